The highest BCUT2D eigenvalue weighted by molar-refractivity contribution is 6.31. The van der Waals surface area contributed by atoms with Gasteiger partial charge in [0.25, 0.3) is 5.56 Å². The second kappa shape index (κ2) is 5.79. The number of aromatic amines is 1. The van der Waals surface area contributed by atoms with Gasteiger partial charge < -0.3 is 10.1 Å². The van der Waals surface area contributed by atoms with Crippen LogP contribution in [0.2, 0.25) is 5.02 Å². The summed E-state index contributed by atoms with van der Waals surface area (Å²) in [5.74, 6) is 0. The Labute approximate surface area is 128 Å². The Hall–Kier alpha value is -1.36. The van der Waals surface area contributed by atoms with Gasteiger partial charge >= 0.3 is 0 Å². The van der Waals surface area contributed by atoms with Crippen LogP contribution in [0.1, 0.15) is 24.1 Å². The van der Waals surface area contributed by atoms with E-state index >= 15 is 0 Å². The molecule has 4 nitrogen and oxygen atoms in total. The molecule has 0 amide bonds. The van der Waals surface area contributed by atoms with Crippen molar-refractivity contribution in [3.05, 3.63) is 44.8 Å². The minimum absolute atomic E-state index is 0.103. The van der Waals surface area contributed by atoms with Gasteiger partial charge in [0.15, 0.2) is 0 Å². The predicted octanol–water partition coefficient (Wildman–Crippen LogP) is 2.45. The van der Waals surface area contributed by atoms with Crippen molar-refractivity contribution in [2.45, 2.75) is 32.4 Å². The summed E-state index contributed by atoms with van der Waals surface area (Å²) in [6, 6.07) is 5.67. The molecule has 21 heavy (non-hydrogen) atoms. The fourth-order valence-corrected chi connectivity index (χ4v) is 3.37. The van der Waals surface area contributed by atoms with Crippen LogP contribution in [-0.2, 0) is 6.54 Å². The molecule has 112 valence electrons. The molecule has 3 rings (SSSR count). The molecule has 2 heterocycles. The fourth-order valence-electron chi connectivity index (χ4n) is 3.20. The molecule has 1 unspecified atom stereocenters. The van der Waals surface area contributed by atoms with Gasteiger partial charge in [-0.2, -0.15) is 0 Å². The molecule has 5 heteroatoms. The first-order valence-corrected chi connectivity index (χ1v) is 7.64. The number of hydrogen-bond acceptors (Lipinski definition) is 3. The van der Waals surface area contributed by atoms with Crippen molar-refractivity contribution in [1.29, 1.82) is 0 Å². The molecule has 0 radical (unpaired) electrons. The maximum atomic E-state index is 12.1. The lowest BCUT2D eigenvalue weighted by Crippen LogP contribution is -2.32. The molecular formula is C16H19ClN2O2. The summed E-state index contributed by atoms with van der Waals surface area (Å²) in [6.07, 6.45) is 2.14. The number of pyridine rings is 1. The van der Waals surface area contributed by atoms with E-state index in [2.05, 4.69) is 9.88 Å². The molecule has 1 saturated heterocycles. The Kier molecular flexibility index (Phi) is 4.02. The standard InChI is InChI=1S/C16H19ClN2O2/c1-10-15(8-19-6-2-3-12(19)9-20)13-5-4-11(17)7-14(13)16(21)18-10/h4-5,7,12,20H,2-3,6,8-9H2,1H3,(H,18,21). The van der Waals surface area contributed by atoms with E-state index in [4.69, 9.17) is 11.6 Å². The quantitative estimate of drug-likeness (QED) is 0.916. The molecule has 1 aromatic heterocycles. The summed E-state index contributed by atoms with van der Waals surface area (Å²) in [6.45, 7) is 3.84. The van der Waals surface area contributed by atoms with Crippen molar-refractivity contribution in [2.24, 2.45) is 0 Å². The summed E-state index contributed by atoms with van der Waals surface area (Å²) < 4.78 is 0. The van der Waals surface area contributed by atoms with Crippen LogP contribution in [0.3, 0.4) is 0 Å². The van der Waals surface area contributed by atoms with E-state index in [1.54, 1.807) is 6.07 Å². The van der Waals surface area contributed by atoms with Gasteiger partial charge in [-0.25, -0.2) is 0 Å². The largest absolute Gasteiger partial charge is 0.395 e. The average Bonchev–Trinajstić information content (AvgIpc) is 2.91. The number of aliphatic hydroxyl groups excluding tert-OH is 1. The van der Waals surface area contributed by atoms with E-state index in [1.165, 1.54) is 0 Å². The smallest absolute Gasteiger partial charge is 0.256 e. The minimum Gasteiger partial charge on any atom is -0.395 e. The zero-order chi connectivity index (χ0) is 15.0. The molecule has 1 aliphatic rings. The van der Waals surface area contributed by atoms with Crippen LogP contribution in [0.5, 0.6) is 0 Å². The number of H-pyrrole nitrogens is 1. The summed E-state index contributed by atoms with van der Waals surface area (Å²) in [5, 5.41) is 11.6. The Balaban J connectivity index is 2.07. The Morgan fingerprint density at radius 2 is 2.24 bits per heavy atom. The van der Waals surface area contributed by atoms with E-state index in [0.717, 1.165) is 42.6 Å². The number of hydrogen-bond donors (Lipinski definition) is 2. The lowest BCUT2D eigenvalue weighted by Gasteiger charge is -2.24. The number of aliphatic hydroxyl groups is 1. The summed E-state index contributed by atoms with van der Waals surface area (Å²) in [7, 11) is 0. The van der Waals surface area contributed by atoms with E-state index in [1.807, 2.05) is 19.1 Å². The van der Waals surface area contributed by atoms with Crippen LogP contribution in [0.25, 0.3) is 10.8 Å². The van der Waals surface area contributed by atoms with Gasteiger partial charge in [0.05, 0.1) is 6.61 Å². The number of aryl methyl sites for hydroxylation is 1. The van der Waals surface area contributed by atoms with Gasteiger partial charge in [-0.15, -0.1) is 0 Å². The monoisotopic (exact) mass is 306 g/mol. The average molecular weight is 307 g/mol. The fraction of sp³-hybridized carbons (Fsp3) is 0.438. The normalized spacial score (nSPS) is 19.5. The van der Waals surface area contributed by atoms with Crippen LogP contribution in [-0.4, -0.2) is 34.2 Å². The topological polar surface area (TPSA) is 56.3 Å². The zero-order valence-corrected chi connectivity index (χ0v) is 12.8. The number of likely N-dealkylation sites (tertiary alicyclic amines) is 1. The van der Waals surface area contributed by atoms with Crippen molar-refractivity contribution >= 4 is 22.4 Å². The first kappa shape index (κ1) is 14.6. The predicted molar refractivity (Wildman–Crippen MR) is 84.8 cm³/mol. The highest BCUT2D eigenvalue weighted by Crippen LogP contribution is 2.26. The lowest BCUT2D eigenvalue weighted by molar-refractivity contribution is 0.153. The van der Waals surface area contributed by atoms with Crippen LogP contribution in [0.15, 0.2) is 23.0 Å². The molecule has 1 aliphatic heterocycles. The SMILES string of the molecule is Cc1[nH]c(=O)c2cc(Cl)ccc2c1CN1CCCC1CO. The van der Waals surface area contributed by atoms with Gasteiger partial charge in [-0.1, -0.05) is 17.7 Å². The Morgan fingerprint density at radius 1 is 1.43 bits per heavy atom. The third kappa shape index (κ3) is 2.71. The number of fused-ring (bicyclic) bond motifs is 1. The lowest BCUT2D eigenvalue weighted by atomic mass is 10.0. The van der Waals surface area contributed by atoms with E-state index in [9.17, 15) is 9.90 Å². The Morgan fingerprint density at radius 3 is 3.00 bits per heavy atom. The van der Waals surface area contributed by atoms with Crippen molar-refractivity contribution < 1.29 is 5.11 Å². The van der Waals surface area contributed by atoms with Crippen LogP contribution >= 0.6 is 11.6 Å². The second-order valence-electron chi connectivity index (χ2n) is 5.70. The maximum Gasteiger partial charge on any atom is 0.256 e. The third-order valence-corrected chi connectivity index (χ3v) is 4.61. The summed E-state index contributed by atoms with van der Waals surface area (Å²) in [4.78, 5) is 17.3. The molecule has 0 bridgehead atoms. The van der Waals surface area contributed by atoms with Crippen molar-refractivity contribution in [1.82, 2.24) is 9.88 Å². The van der Waals surface area contributed by atoms with Crippen molar-refractivity contribution in [3.8, 4) is 0 Å². The van der Waals surface area contributed by atoms with Gasteiger partial charge in [-0.05, 0) is 49.4 Å². The number of nitrogens with zero attached hydrogens (tertiary/aromatic N) is 1. The first-order valence-electron chi connectivity index (χ1n) is 7.26. The number of benzene rings is 1. The highest BCUT2D eigenvalue weighted by Gasteiger charge is 2.25. The summed E-state index contributed by atoms with van der Waals surface area (Å²) in [5.41, 5.74) is 1.90. The van der Waals surface area contributed by atoms with Gasteiger partial charge in [0.1, 0.15) is 0 Å². The third-order valence-electron chi connectivity index (χ3n) is 4.38. The number of nitrogens with one attached hydrogen (secondary N) is 1. The summed E-state index contributed by atoms with van der Waals surface area (Å²) >= 11 is 6.00. The highest BCUT2D eigenvalue weighted by atomic mass is 35.5. The number of aromatic nitrogens is 1. The Bertz CT molecular complexity index is 726. The molecule has 0 aliphatic carbocycles. The van der Waals surface area contributed by atoms with Gasteiger partial charge in [0.2, 0.25) is 0 Å². The van der Waals surface area contributed by atoms with Crippen LogP contribution in [0, 0.1) is 6.92 Å². The van der Waals surface area contributed by atoms with Crippen LogP contribution in [0.4, 0.5) is 0 Å². The molecule has 1 fully saturated rings. The van der Waals surface area contributed by atoms with E-state index < -0.39 is 0 Å². The molecule has 2 aromatic rings. The molecule has 0 spiro atoms. The van der Waals surface area contributed by atoms with E-state index in [0.29, 0.717) is 10.4 Å². The molecule has 2 N–H and O–H groups in total. The van der Waals surface area contributed by atoms with E-state index in [-0.39, 0.29) is 18.2 Å². The molecule has 1 atom stereocenters. The van der Waals surface area contributed by atoms with Crippen LogP contribution < -0.4 is 5.56 Å². The van der Waals surface area contributed by atoms with Crippen molar-refractivity contribution in [2.75, 3.05) is 13.2 Å². The molecule has 0 saturated carbocycles. The van der Waals surface area contributed by atoms with Crippen molar-refractivity contribution in [3.63, 3.8) is 0 Å². The number of rotatable bonds is 3. The van der Waals surface area contributed by atoms with Gasteiger partial charge in [0, 0.05) is 28.7 Å². The first-order chi connectivity index (χ1) is 10.1. The minimum atomic E-state index is -0.103. The molecule has 1 aromatic carbocycles. The maximum absolute atomic E-state index is 12.1. The van der Waals surface area contributed by atoms with Gasteiger partial charge in [-0.3, -0.25) is 9.69 Å². The number of halogens is 1. The zero-order valence-electron chi connectivity index (χ0n) is 12.0. The second-order valence-corrected chi connectivity index (χ2v) is 6.13. The molecular weight excluding hydrogens is 288 g/mol.